The lowest BCUT2D eigenvalue weighted by Crippen LogP contribution is -2.39. The van der Waals surface area contributed by atoms with Crippen molar-refractivity contribution in [2.75, 3.05) is 19.7 Å². The predicted molar refractivity (Wildman–Crippen MR) is 62.9 cm³/mol. The molecule has 0 aromatic carbocycles. The highest BCUT2D eigenvalue weighted by Crippen LogP contribution is 2.48. The monoisotopic (exact) mass is 225 g/mol. The van der Waals surface area contributed by atoms with Gasteiger partial charge in [0.2, 0.25) is 5.91 Å². The van der Waals surface area contributed by atoms with Crippen LogP contribution in [-0.4, -0.2) is 35.6 Å². The molecule has 16 heavy (non-hydrogen) atoms. The quantitative estimate of drug-likeness (QED) is 0.793. The molecule has 2 aliphatic rings. The zero-order valence-electron chi connectivity index (χ0n) is 10.6. The van der Waals surface area contributed by atoms with Gasteiger partial charge in [0.1, 0.15) is 0 Å². The molecule has 92 valence electrons. The number of likely N-dealkylation sites (tertiary alicyclic amines) is 1. The first kappa shape index (κ1) is 11.9. The Morgan fingerprint density at radius 1 is 1.38 bits per heavy atom. The topological polar surface area (TPSA) is 40.5 Å². The highest BCUT2D eigenvalue weighted by atomic mass is 16.3. The predicted octanol–water partition coefficient (Wildman–Crippen LogP) is 1.65. The minimum atomic E-state index is -0.387. The number of aliphatic hydroxyl groups is 1. The summed E-state index contributed by atoms with van der Waals surface area (Å²) >= 11 is 0. The Hall–Kier alpha value is -0.570. The number of carbonyl (C=O) groups excluding carboxylic acids is 1. The molecule has 3 nitrogen and oxygen atoms in total. The van der Waals surface area contributed by atoms with Gasteiger partial charge >= 0.3 is 0 Å². The molecular formula is C13H23NO2. The van der Waals surface area contributed by atoms with Gasteiger partial charge in [0, 0.05) is 13.1 Å². The number of hydrogen-bond donors (Lipinski definition) is 1. The van der Waals surface area contributed by atoms with Gasteiger partial charge in [-0.2, -0.15) is 0 Å². The van der Waals surface area contributed by atoms with Crippen molar-refractivity contribution in [2.24, 2.45) is 16.7 Å². The van der Waals surface area contributed by atoms with Crippen LogP contribution in [0.2, 0.25) is 0 Å². The van der Waals surface area contributed by atoms with Crippen LogP contribution in [0.1, 0.15) is 40.0 Å². The summed E-state index contributed by atoms with van der Waals surface area (Å²) in [4.78, 5) is 14.2. The van der Waals surface area contributed by atoms with Crippen LogP contribution < -0.4 is 0 Å². The van der Waals surface area contributed by atoms with Crippen molar-refractivity contribution < 1.29 is 9.90 Å². The normalized spacial score (nSPS) is 32.2. The van der Waals surface area contributed by atoms with Crippen LogP contribution >= 0.6 is 0 Å². The molecule has 0 bridgehead atoms. The molecule has 1 N–H and O–H groups in total. The summed E-state index contributed by atoms with van der Waals surface area (Å²) < 4.78 is 0. The highest BCUT2D eigenvalue weighted by molar-refractivity contribution is 5.85. The number of carbonyl (C=O) groups is 1. The maximum absolute atomic E-state index is 12.2. The molecule has 1 saturated carbocycles. The van der Waals surface area contributed by atoms with E-state index in [0.29, 0.717) is 5.92 Å². The van der Waals surface area contributed by atoms with Crippen molar-refractivity contribution >= 4 is 5.91 Å². The largest absolute Gasteiger partial charge is 0.395 e. The lowest BCUT2D eigenvalue weighted by molar-refractivity contribution is -0.137. The molecule has 0 aromatic heterocycles. The van der Waals surface area contributed by atoms with E-state index >= 15 is 0 Å². The minimum absolute atomic E-state index is 0.0285. The SMILES string of the molecule is CC(C)[C@@]1(C)CCN(C(=O)C2(CO)CC2)C1. The molecular weight excluding hydrogens is 202 g/mol. The molecule has 2 rings (SSSR count). The van der Waals surface area contributed by atoms with Crippen molar-refractivity contribution in [3.63, 3.8) is 0 Å². The standard InChI is InChI=1S/C13H23NO2/c1-10(2)12(3)6-7-14(8-12)11(16)13(9-15)4-5-13/h10,15H,4-9H2,1-3H3/t12-/m0/s1. The molecule has 1 saturated heterocycles. The van der Waals surface area contributed by atoms with E-state index in [-0.39, 0.29) is 23.3 Å². The van der Waals surface area contributed by atoms with Gasteiger partial charge in [-0.25, -0.2) is 0 Å². The Morgan fingerprint density at radius 3 is 2.38 bits per heavy atom. The van der Waals surface area contributed by atoms with Crippen LogP contribution in [-0.2, 0) is 4.79 Å². The van der Waals surface area contributed by atoms with Gasteiger partial charge in [-0.3, -0.25) is 4.79 Å². The number of hydrogen-bond acceptors (Lipinski definition) is 2. The van der Waals surface area contributed by atoms with Gasteiger partial charge in [-0.15, -0.1) is 0 Å². The second-order valence-corrected chi connectivity index (χ2v) is 6.22. The zero-order valence-corrected chi connectivity index (χ0v) is 10.6. The van der Waals surface area contributed by atoms with E-state index in [0.717, 1.165) is 32.4 Å². The highest BCUT2D eigenvalue weighted by Gasteiger charge is 2.53. The average molecular weight is 225 g/mol. The van der Waals surface area contributed by atoms with Crippen LogP contribution in [0.3, 0.4) is 0 Å². The van der Waals surface area contributed by atoms with E-state index in [1.165, 1.54) is 0 Å². The molecule has 1 aliphatic carbocycles. The van der Waals surface area contributed by atoms with E-state index in [4.69, 9.17) is 0 Å². The summed E-state index contributed by atoms with van der Waals surface area (Å²) in [5.74, 6) is 0.800. The van der Waals surface area contributed by atoms with Gasteiger partial charge in [-0.1, -0.05) is 20.8 Å². The Labute approximate surface area is 97.8 Å². The van der Waals surface area contributed by atoms with Crippen molar-refractivity contribution in [1.82, 2.24) is 4.90 Å². The first-order valence-electron chi connectivity index (χ1n) is 6.34. The Morgan fingerprint density at radius 2 is 2.00 bits per heavy atom. The van der Waals surface area contributed by atoms with E-state index < -0.39 is 0 Å². The van der Waals surface area contributed by atoms with Crippen LogP contribution in [0.4, 0.5) is 0 Å². The van der Waals surface area contributed by atoms with Gasteiger partial charge in [0.15, 0.2) is 0 Å². The molecule has 1 heterocycles. The van der Waals surface area contributed by atoms with Crippen molar-refractivity contribution in [1.29, 1.82) is 0 Å². The molecule has 0 radical (unpaired) electrons. The maximum atomic E-state index is 12.2. The van der Waals surface area contributed by atoms with Crippen LogP contribution in [0.15, 0.2) is 0 Å². The fraction of sp³-hybridized carbons (Fsp3) is 0.923. The summed E-state index contributed by atoms with van der Waals surface area (Å²) in [6.07, 6.45) is 2.84. The molecule has 1 atom stereocenters. The molecule has 0 aromatic rings. The van der Waals surface area contributed by atoms with Gasteiger partial charge < -0.3 is 10.0 Å². The molecule has 3 heteroatoms. The number of nitrogens with zero attached hydrogens (tertiary/aromatic N) is 1. The Kier molecular flexibility index (Phi) is 2.77. The lowest BCUT2D eigenvalue weighted by Gasteiger charge is -2.29. The zero-order chi connectivity index (χ0) is 12.0. The van der Waals surface area contributed by atoms with Crippen LogP contribution in [0, 0.1) is 16.7 Å². The summed E-state index contributed by atoms with van der Waals surface area (Å²) in [5.41, 5.74) is -0.122. The van der Waals surface area contributed by atoms with Gasteiger partial charge in [0.25, 0.3) is 0 Å². The summed E-state index contributed by atoms with van der Waals surface area (Å²) in [6.45, 7) is 8.49. The van der Waals surface area contributed by atoms with E-state index in [1.54, 1.807) is 0 Å². The minimum Gasteiger partial charge on any atom is -0.395 e. The third kappa shape index (κ3) is 1.75. The first-order chi connectivity index (χ1) is 7.43. The first-order valence-corrected chi connectivity index (χ1v) is 6.34. The summed E-state index contributed by atoms with van der Waals surface area (Å²) in [5, 5.41) is 9.28. The molecule has 1 aliphatic heterocycles. The lowest BCUT2D eigenvalue weighted by atomic mass is 9.78. The number of aliphatic hydroxyl groups excluding tert-OH is 1. The third-order valence-electron chi connectivity index (χ3n) is 4.80. The number of amides is 1. The van der Waals surface area contributed by atoms with Crippen LogP contribution in [0.5, 0.6) is 0 Å². The molecule has 2 fully saturated rings. The van der Waals surface area contributed by atoms with Crippen molar-refractivity contribution in [3.8, 4) is 0 Å². The van der Waals surface area contributed by atoms with E-state index in [9.17, 15) is 9.90 Å². The Balaban J connectivity index is 2.02. The van der Waals surface area contributed by atoms with Crippen LogP contribution in [0.25, 0.3) is 0 Å². The smallest absolute Gasteiger partial charge is 0.231 e. The fourth-order valence-electron chi connectivity index (χ4n) is 2.56. The second kappa shape index (κ2) is 3.73. The molecule has 0 unspecified atom stereocenters. The maximum Gasteiger partial charge on any atom is 0.231 e. The summed E-state index contributed by atoms with van der Waals surface area (Å²) in [7, 11) is 0. The van der Waals surface area contributed by atoms with Gasteiger partial charge in [0.05, 0.1) is 12.0 Å². The van der Waals surface area contributed by atoms with E-state index in [2.05, 4.69) is 20.8 Å². The number of rotatable bonds is 3. The fourth-order valence-corrected chi connectivity index (χ4v) is 2.56. The molecule has 0 spiro atoms. The van der Waals surface area contributed by atoms with Crippen molar-refractivity contribution in [2.45, 2.75) is 40.0 Å². The second-order valence-electron chi connectivity index (χ2n) is 6.22. The van der Waals surface area contributed by atoms with Crippen molar-refractivity contribution in [3.05, 3.63) is 0 Å². The molecule has 1 amide bonds. The van der Waals surface area contributed by atoms with Gasteiger partial charge in [-0.05, 0) is 30.6 Å². The third-order valence-corrected chi connectivity index (χ3v) is 4.80. The summed E-state index contributed by atoms with van der Waals surface area (Å²) in [6, 6.07) is 0. The Bertz CT molecular complexity index is 296. The van der Waals surface area contributed by atoms with E-state index in [1.807, 2.05) is 4.90 Å². The average Bonchev–Trinajstić information content (AvgIpc) is 2.95.